The van der Waals surface area contributed by atoms with Crippen LogP contribution in [0, 0.1) is 0 Å². The third-order valence-corrected chi connectivity index (χ3v) is 4.06. The first-order valence-corrected chi connectivity index (χ1v) is 7.86. The molecule has 1 aliphatic rings. The van der Waals surface area contributed by atoms with Gasteiger partial charge in [-0.2, -0.15) is 0 Å². The van der Waals surface area contributed by atoms with E-state index in [1.54, 1.807) is 0 Å². The summed E-state index contributed by atoms with van der Waals surface area (Å²) in [5.74, 6) is 0.722. The number of para-hydroxylation sites is 1. The number of carbonyl (C=O) groups excluding carboxylic acids is 1. The molecular weight excluding hydrogens is 266 g/mol. The fraction of sp³-hybridized carbons (Fsp3) is 0.588. The summed E-state index contributed by atoms with van der Waals surface area (Å²) in [7, 11) is 0. The molecule has 1 aliphatic carbocycles. The van der Waals surface area contributed by atoms with E-state index in [0.29, 0.717) is 37.1 Å². The van der Waals surface area contributed by atoms with Gasteiger partial charge in [-0.3, -0.25) is 9.69 Å². The SMILES string of the molecule is CCOc1ccccc1C(=O)CN(CCO)C1CCCC1. The maximum absolute atomic E-state index is 12.6. The third kappa shape index (κ3) is 4.29. The lowest BCUT2D eigenvalue weighted by Gasteiger charge is -2.27. The van der Waals surface area contributed by atoms with Gasteiger partial charge in [-0.15, -0.1) is 0 Å². The molecule has 2 rings (SSSR count). The molecule has 4 nitrogen and oxygen atoms in total. The van der Waals surface area contributed by atoms with Gasteiger partial charge in [-0.1, -0.05) is 25.0 Å². The molecule has 1 aromatic carbocycles. The number of carbonyl (C=O) groups is 1. The molecule has 0 saturated heterocycles. The second-order valence-corrected chi connectivity index (χ2v) is 5.48. The minimum absolute atomic E-state index is 0.0689. The standard InChI is InChI=1S/C17H25NO3/c1-2-21-17-10-6-5-9-15(17)16(20)13-18(11-12-19)14-7-3-4-8-14/h5-6,9-10,14,19H,2-4,7-8,11-13H2,1H3. The van der Waals surface area contributed by atoms with Crippen molar-refractivity contribution >= 4 is 5.78 Å². The first-order chi connectivity index (χ1) is 10.3. The number of aliphatic hydroxyl groups is 1. The van der Waals surface area contributed by atoms with Crippen molar-refractivity contribution in [2.75, 3.05) is 26.3 Å². The zero-order chi connectivity index (χ0) is 15.1. The van der Waals surface area contributed by atoms with Crippen LogP contribution in [0.5, 0.6) is 5.75 Å². The molecule has 0 spiro atoms. The van der Waals surface area contributed by atoms with E-state index < -0.39 is 0 Å². The van der Waals surface area contributed by atoms with E-state index in [0.717, 1.165) is 12.8 Å². The van der Waals surface area contributed by atoms with Crippen LogP contribution in [-0.4, -0.2) is 48.1 Å². The Morgan fingerprint density at radius 3 is 2.71 bits per heavy atom. The molecule has 1 aromatic rings. The highest BCUT2D eigenvalue weighted by Gasteiger charge is 2.25. The largest absolute Gasteiger partial charge is 0.493 e. The van der Waals surface area contributed by atoms with Crippen molar-refractivity contribution in [3.8, 4) is 5.75 Å². The summed E-state index contributed by atoms with van der Waals surface area (Å²) in [4.78, 5) is 14.7. The summed E-state index contributed by atoms with van der Waals surface area (Å²) in [5, 5.41) is 9.24. The minimum atomic E-state index is 0.0689. The van der Waals surface area contributed by atoms with E-state index in [1.807, 2.05) is 31.2 Å². The summed E-state index contributed by atoms with van der Waals surface area (Å²) < 4.78 is 5.54. The summed E-state index contributed by atoms with van der Waals surface area (Å²) >= 11 is 0. The number of hydrogen-bond donors (Lipinski definition) is 1. The molecule has 0 atom stereocenters. The van der Waals surface area contributed by atoms with E-state index >= 15 is 0 Å². The highest BCUT2D eigenvalue weighted by molar-refractivity contribution is 6.00. The Morgan fingerprint density at radius 1 is 1.33 bits per heavy atom. The van der Waals surface area contributed by atoms with Crippen molar-refractivity contribution in [3.05, 3.63) is 29.8 Å². The molecule has 4 heteroatoms. The van der Waals surface area contributed by atoms with E-state index in [-0.39, 0.29) is 12.4 Å². The number of benzene rings is 1. The highest BCUT2D eigenvalue weighted by atomic mass is 16.5. The van der Waals surface area contributed by atoms with Crippen LogP contribution >= 0.6 is 0 Å². The van der Waals surface area contributed by atoms with Crippen molar-refractivity contribution in [2.24, 2.45) is 0 Å². The van der Waals surface area contributed by atoms with Gasteiger partial charge >= 0.3 is 0 Å². The summed E-state index contributed by atoms with van der Waals surface area (Å²) in [6, 6.07) is 7.83. The monoisotopic (exact) mass is 291 g/mol. The minimum Gasteiger partial charge on any atom is -0.493 e. The molecule has 0 heterocycles. The van der Waals surface area contributed by atoms with Crippen LogP contribution in [0.1, 0.15) is 43.0 Å². The third-order valence-electron chi connectivity index (χ3n) is 4.06. The first-order valence-electron chi connectivity index (χ1n) is 7.86. The number of ketones is 1. The molecule has 1 fully saturated rings. The van der Waals surface area contributed by atoms with Crippen molar-refractivity contribution in [3.63, 3.8) is 0 Å². The maximum Gasteiger partial charge on any atom is 0.180 e. The van der Waals surface area contributed by atoms with Crippen LogP contribution in [0.15, 0.2) is 24.3 Å². The first kappa shape index (κ1) is 16.0. The number of hydrogen-bond acceptors (Lipinski definition) is 4. The maximum atomic E-state index is 12.6. The number of ether oxygens (including phenoxy) is 1. The average Bonchev–Trinajstić information content (AvgIpc) is 3.02. The van der Waals surface area contributed by atoms with E-state index in [9.17, 15) is 9.90 Å². The zero-order valence-corrected chi connectivity index (χ0v) is 12.8. The van der Waals surface area contributed by atoms with E-state index in [1.165, 1.54) is 12.8 Å². The Morgan fingerprint density at radius 2 is 2.05 bits per heavy atom. The predicted octanol–water partition coefficient (Wildman–Crippen LogP) is 2.50. The predicted molar refractivity (Wildman–Crippen MR) is 82.9 cm³/mol. The van der Waals surface area contributed by atoms with Crippen molar-refractivity contribution in [1.29, 1.82) is 0 Å². The molecule has 0 amide bonds. The van der Waals surface area contributed by atoms with Crippen molar-refractivity contribution < 1.29 is 14.6 Å². The van der Waals surface area contributed by atoms with Gasteiger partial charge in [0.2, 0.25) is 0 Å². The van der Waals surface area contributed by atoms with Crippen LogP contribution in [0.3, 0.4) is 0 Å². The zero-order valence-electron chi connectivity index (χ0n) is 12.8. The second-order valence-electron chi connectivity index (χ2n) is 5.48. The molecule has 0 bridgehead atoms. The molecule has 1 N–H and O–H groups in total. The normalized spacial score (nSPS) is 15.6. The Kier molecular flexibility index (Phi) is 6.21. The van der Waals surface area contributed by atoms with Gasteiger partial charge in [0.1, 0.15) is 5.75 Å². The number of Topliss-reactive ketones (excluding diaryl/α,β-unsaturated/α-hetero) is 1. The molecule has 116 valence electrons. The lowest BCUT2D eigenvalue weighted by Crippen LogP contribution is -2.39. The summed E-state index contributed by atoms with van der Waals surface area (Å²) in [6.07, 6.45) is 4.69. The number of rotatable bonds is 8. The quantitative estimate of drug-likeness (QED) is 0.748. The molecule has 0 aromatic heterocycles. The fourth-order valence-electron chi connectivity index (χ4n) is 3.04. The van der Waals surface area contributed by atoms with E-state index in [4.69, 9.17) is 4.74 Å². The lowest BCUT2D eigenvalue weighted by atomic mass is 10.1. The lowest BCUT2D eigenvalue weighted by molar-refractivity contribution is 0.0859. The fourth-order valence-corrected chi connectivity index (χ4v) is 3.04. The van der Waals surface area contributed by atoms with Gasteiger partial charge in [0, 0.05) is 12.6 Å². The van der Waals surface area contributed by atoms with Gasteiger partial charge in [0.25, 0.3) is 0 Å². The highest BCUT2D eigenvalue weighted by Crippen LogP contribution is 2.25. The van der Waals surface area contributed by atoms with Gasteiger partial charge < -0.3 is 9.84 Å². The molecule has 1 saturated carbocycles. The van der Waals surface area contributed by atoms with Gasteiger partial charge in [-0.05, 0) is 31.9 Å². The van der Waals surface area contributed by atoms with Crippen LogP contribution in [0.4, 0.5) is 0 Å². The summed E-state index contributed by atoms with van der Waals surface area (Å²) in [6.45, 7) is 3.48. The Labute approximate surface area is 126 Å². The summed E-state index contributed by atoms with van der Waals surface area (Å²) in [5.41, 5.74) is 0.639. The van der Waals surface area contributed by atoms with Gasteiger partial charge in [0.05, 0.1) is 25.3 Å². The molecular formula is C17H25NO3. The Hall–Kier alpha value is -1.39. The van der Waals surface area contributed by atoms with Crippen LogP contribution in [-0.2, 0) is 0 Å². The second kappa shape index (κ2) is 8.15. The number of nitrogens with zero attached hydrogens (tertiary/aromatic N) is 1. The molecule has 0 radical (unpaired) electrons. The van der Waals surface area contributed by atoms with Crippen molar-refractivity contribution in [2.45, 2.75) is 38.6 Å². The Balaban J connectivity index is 2.07. The van der Waals surface area contributed by atoms with Crippen molar-refractivity contribution in [1.82, 2.24) is 4.90 Å². The van der Waals surface area contributed by atoms with Gasteiger partial charge in [0.15, 0.2) is 5.78 Å². The average molecular weight is 291 g/mol. The Bertz CT molecular complexity index is 455. The molecule has 0 unspecified atom stereocenters. The number of aliphatic hydroxyl groups excluding tert-OH is 1. The molecule has 0 aliphatic heterocycles. The molecule has 21 heavy (non-hydrogen) atoms. The smallest absolute Gasteiger partial charge is 0.180 e. The van der Waals surface area contributed by atoms with Crippen LogP contribution in [0.2, 0.25) is 0 Å². The topological polar surface area (TPSA) is 49.8 Å². The van der Waals surface area contributed by atoms with Crippen LogP contribution < -0.4 is 4.74 Å². The van der Waals surface area contributed by atoms with E-state index in [2.05, 4.69) is 4.90 Å². The van der Waals surface area contributed by atoms with Crippen LogP contribution in [0.25, 0.3) is 0 Å². The van der Waals surface area contributed by atoms with Gasteiger partial charge in [-0.25, -0.2) is 0 Å².